The lowest BCUT2D eigenvalue weighted by molar-refractivity contribution is -0.204. The molecule has 11 nitrogen and oxygen atoms in total. The smallest absolute Gasteiger partial charge is 0.462 e. The van der Waals surface area contributed by atoms with Crippen molar-refractivity contribution in [2.45, 2.75) is 68.8 Å². The molecule has 196 valence electrons. The minimum absolute atomic E-state index is 0.0599. The first-order chi connectivity index (χ1) is 16.3. The molecule has 1 aliphatic heterocycles. The minimum atomic E-state index is -5.98. The third-order valence-corrected chi connectivity index (χ3v) is 8.20. The lowest BCUT2D eigenvalue weighted by atomic mass is 9.48. The summed E-state index contributed by atoms with van der Waals surface area (Å²) in [5.74, 6) is -5.02. The van der Waals surface area contributed by atoms with Gasteiger partial charge in [-0.3, -0.25) is 14.1 Å². The van der Waals surface area contributed by atoms with Crippen molar-refractivity contribution < 1.29 is 59.9 Å². The summed E-state index contributed by atoms with van der Waals surface area (Å²) in [5, 5.41) is -5.09. The summed E-state index contributed by atoms with van der Waals surface area (Å²) < 4.78 is 77.9. The second kappa shape index (κ2) is 9.26. The number of rotatable bonds is 7. The van der Waals surface area contributed by atoms with Crippen LogP contribution in [0.15, 0.2) is 0 Å². The van der Waals surface area contributed by atoms with Crippen molar-refractivity contribution in [3.8, 4) is 0 Å². The van der Waals surface area contributed by atoms with Crippen molar-refractivity contribution >= 4 is 34.0 Å². The van der Waals surface area contributed by atoms with Crippen LogP contribution in [0, 0.1) is 23.2 Å². The van der Waals surface area contributed by atoms with Crippen LogP contribution < -0.4 is 0 Å². The zero-order valence-corrected chi connectivity index (χ0v) is 19.5. The largest absolute Gasteiger partial charge is 0.465 e. The van der Waals surface area contributed by atoms with Crippen molar-refractivity contribution in [3.63, 3.8) is 0 Å². The molecule has 1 saturated heterocycles. The monoisotopic (exact) mass is 524 g/mol. The Balaban J connectivity index is 1.34. The molecule has 1 heterocycles. The van der Waals surface area contributed by atoms with E-state index >= 15 is 0 Å². The number of hydrogen-bond donors (Lipinski definition) is 1. The fraction of sp³-hybridized carbons (Fsp3) is 0.810. The summed E-state index contributed by atoms with van der Waals surface area (Å²) in [7, 11) is -5.98. The number of cyclic esters (lactones) is 1. The lowest BCUT2D eigenvalue weighted by Gasteiger charge is -2.57. The molecule has 4 bridgehead atoms. The molecule has 5 rings (SSSR count). The first kappa shape index (κ1) is 25.7. The van der Waals surface area contributed by atoms with Crippen LogP contribution in [-0.2, 0) is 48.2 Å². The molecule has 0 aromatic carbocycles. The Morgan fingerprint density at radius 2 is 1.77 bits per heavy atom. The second-order valence-electron chi connectivity index (χ2n) is 9.88. The van der Waals surface area contributed by atoms with E-state index in [1.54, 1.807) is 0 Å². The number of carbonyl (C=O) groups is 4. The molecule has 35 heavy (non-hydrogen) atoms. The van der Waals surface area contributed by atoms with Crippen molar-refractivity contribution in [2.24, 2.45) is 23.2 Å². The van der Waals surface area contributed by atoms with E-state index in [4.69, 9.17) is 23.5 Å². The SMILES string of the molecule is O=C1CCCC(OC(=O)COC(=O)C23CC4CC(C2)C(OC(=O)C(F)(F)S(=O)(=O)O)C(C4)C3)CO1. The molecule has 5 fully saturated rings. The fourth-order valence-corrected chi connectivity index (χ4v) is 6.38. The molecule has 3 unspecified atom stereocenters. The van der Waals surface area contributed by atoms with Crippen molar-refractivity contribution in [2.75, 3.05) is 13.2 Å². The zero-order valence-electron chi connectivity index (χ0n) is 18.7. The van der Waals surface area contributed by atoms with Crippen molar-refractivity contribution in [1.82, 2.24) is 0 Å². The number of carbonyl (C=O) groups excluding carboxylic acids is 4. The maximum Gasteiger partial charge on any atom is 0.465 e. The second-order valence-corrected chi connectivity index (χ2v) is 11.3. The normalized spacial score (nSPS) is 34.5. The highest BCUT2D eigenvalue weighted by molar-refractivity contribution is 7.87. The zero-order chi connectivity index (χ0) is 25.6. The van der Waals surface area contributed by atoms with Gasteiger partial charge in [-0.05, 0) is 62.7 Å². The van der Waals surface area contributed by atoms with Crippen LogP contribution in [0.5, 0.6) is 0 Å². The van der Waals surface area contributed by atoms with E-state index in [9.17, 15) is 36.4 Å². The van der Waals surface area contributed by atoms with Gasteiger partial charge in [0.05, 0.1) is 5.41 Å². The summed E-state index contributed by atoms with van der Waals surface area (Å²) >= 11 is 0. The quantitative estimate of drug-likeness (QED) is 0.291. The Kier molecular flexibility index (Phi) is 6.81. The molecule has 0 amide bonds. The molecule has 0 spiro atoms. The van der Waals surface area contributed by atoms with Gasteiger partial charge in [-0.25, -0.2) is 9.59 Å². The van der Waals surface area contributed by atoms with E-state index < -0.39 is 69.3 Å². The molecular weight excluding hydrogens is 498 g/mol. The van der Waals surface area contributed by atoms with Gasteiger partial charge in [-0.1, -0.05) is 0 Å². The van der Waals surface area contributed by atoms with E-state index in [1.807, 2.05) is 0 Å². The van der Waals surface area contributed by atoms with Gasteiger partial charge in [-0.2, -0.15) is 17.2 Å². The fourth-order valence-electron chi connectivity index (χ4n) is 6.12. The first-order valence-corrected chi connectivity index (χ1v) is 12.8. The number of alkyl halides is 2. The average molecular weight is 524 g/mol. The molecular formula is C21H26F2O11S. The van der Waals surface area contributed by atoms with Crippen molar-refractivity contribution in [3.05, 3.63) is 0 Å². The van der Waals surface area contributed by atoms with Crippen LogP contribution in [-0.4, -0.2) is 67.5 Å². The van der Waals surface area contributed by atoms with Crippen LogP contribution in [0.4, 0.5) is 8.78 Å². The van der Waals surface area contributed by atoms with Crippen molar-refractivity contribution in [1.29, 1.82) is 0 Å². The third kappa shape index (κ3) is 5.13. The number of hydrogen-bond acceptors (Lipinski definition) is 10. The first-order valence-electron chi connectivity index (χ1n) is 11.4. The molecule has 0 aromatic rings. The predicted octanol–water partition coefficient (Wildman–Crippen LogP) is 1.39. The molecule has 4 aliphatic carbocycles. The third-order valence-electron chi connectivity index (χ3n) is 7.38. The summed E-state index contributed by atoms with van der Waals surface area (Å²) in [5.41, 5.74) is -0.969. The van der Waals surface area contributed by atoms with E-state index in [0.29, 0.717) is 32.1 Å². The maximum absolute atomic E-state index is 13.7. The van der Waals surface area contributed by atoms with E-state index in [-0.39, 0.29) is 37.8 Å². The Bertz CT molecular complexity index is 995. The minimum Gasteiger partial charge on any atom is -0.462 e. The van der Waals surface area contributed by atoms with Gasteiger partial charge >= 0.3 is 39.2 Å². The molecule has 3 atom stereocenters. The summed E-state index contributed by atoms with van der Waals surface area (Å²) in [4.78, 5) is 48.2. The van der Waals surface area contributed by atoms with Gasteiger partial charge in [0.1, 0.15) is 18.8 Å². The Labute approximate surface area is 199 Å². The maximum atomic E-state index is 13.7. The molecule has 5 aliphatic rings. The highest BCUT2D eigenvalue weighted by Crippen LogP contribution is 2.61. The van der Waals surface area contributed by atoms with Crippen LogP contribution >= 0.6 is 0 Å². The highest BCUT2D eigenvalue weighted by Gasteiger charge is 2.62. The standard InChI is InChI=1S/C21H26F2O11S/c22-21(23,35(28,29)30)19(27)34-17-12-4-11-5-13(17)8-20(6-11,7-12)18(26)32-10-16(25)33-14-2-1-3-15(24)31-9-14/h11-14,17H,1-10H2,(H,28,29,30). The molecule has 4 saturated carbocycles. The van der Waals surface area contributed by atoms with Crippen LogP contribution in [0.25, 0.3) is 0 Å². The molecule has 0 radical (unpaired) electrons. The Morgan fingerprint density at radius 3 is 2.40 bits per heavy atom. The Hall–Kier alpha value is -2.35. The number of esters is 4. The molecule has 14 heteroatoms. The van der Waals surface area contributed by atoms with Crippen LogP contribution in [0.3, 0.4) is 0 Å². The Morgan fingerprint density at radius 1 is 1.11 bits per heavy atom. The van der Waals surface area contributed by atoms with Gasteiger partial charge in [0.25, 0.3) is 0 Å². The average Bonchev–Trinajstić information content (AvgIpc) is 2.97. The highest BCUT2D eigenvalue weighted by atomic mass is 32.2. The van der Waals surface area contributed by atoms with Gasteiger partial charge in [0.15, 0.2) is 6.61 Å². The summed E-state index contributed by atoms with van der Waals surface area (Å²) in [6.07, 6.45) is 1.37. The van der Waals surface area contributed by atoms with Crippen LogP contribution in [0.1, 0.15) is 51.4 Å². The van der Waals surface area contributed by atoms with Gasteiger partial charge in [-0.15, -0.1) is 0 Å². The lowest BCUT2D eigenvalue weighted by Crippen LogP contribution is -2.58. The van der Waals surface area contributed by atoms with Crippen LogP contribution in [0.2, 0.25) is 0 Å². The van der Waals surface area contributed by atoms with Gasteiger partial charge < -0.3 is 18.9 Å². The molecule has 0 aromatic heterocycles. The number of halogens is 2. The van der Waals surface area contributed by atoms with Gasteiger partial charge in [0, 0.05) is 6.42 Å². The predicted molar refractivity (Wildman–Crippen MR) is 108 cm³/mol. The topological polar surface area (TPSA) is 160 Å². The van der Waals surface area contributed by atoms with E-state index in [1.165, 1.54) is 0 Å². The molecule has 1 N–H and O–H groups in total. The van der Waals surface area contributed by atoms with E-state index in [2.05, 4.69) is 0 Å². The van der Waals surface area contributed by atoms with E-state index in [0.717, 1.165) is 0 Å². The summed E-state index contributed by atoms with van der Waals surface area (Å²) in [6.45, 7) is -0.700. The number of ether oxygens (including phenoxy) is 4. The van der Waals surface area contributed by atoms with Gasteiger partial charge in [0.2, 0.25) is 0 Å². The summed E-state index contributed by atoms with van der Waals surface area (Å²) in [6, 6.07) is 0.